The molecule has 1 amide bonds. The molecule has 0 spiro atoms. The van der Waals surface area contributed by atoms with E-state index in [2.05, 4.69) is 49.6 Å². The highest BCUT2D eigenvalue weighted by Crippen LogP contribution is 2.34. The van der Waals surface area contributed by atoms with Crippen molar-refractivity contribution in [2.75, 3.05) is 18.1 Å². The van der Waals surface area contributed by atoms with Gasteiger partial charge in [0.25, 0.3) is 0 Å². The molecule has 6 heteroatoms. The second-order valence-corrected chi connectivity index (χ2v) is 9.98. The monoisotopic (exact) mass is 487 g/mol. The van der Waals surface area contributed by atoms with Gasteiger partial charge in [-0.15, -0.1) is 0 Å². The van der Waals surface area contributed by atoms with E-state index in [1.165, 1.54) is 11.1 Å². The van der Waals surface area contributed by atoms with Crippen LogP contribution in [0.1, 0.15) is 49.1 Å². The number of carbonyl (C=O) groups is 1. The largest absolute Gasteiger partial charge is 0.491 e. The predicted molar refractivity (Wildman–Crippen MR) is 142 cm³/mol. The van der Waals surface area contributed by atoms with Gasteiger partial charge in [0.2, 0.25) is 5.91 Å². The third-order valence-corrected chi connectivity index (χ3v) is 6.89. The Kier molecular flexibility index (Phi) is 6.52. The summed E-state index contributed by atoms with van der Waals surface area (Å²) in [7, 11) is 0. The van der Waals surface area contributed by atoms with Crippen LogP contribution in [0.5, 0.6) is 5.75 Å². The minimum atomic E-state index is -0.000855. The highest BCUT2D eigenvalue weighted by atomic mass is 35.5. The van der Waals surface area contributed by atoms with E-state index in [0.29, 0.717) is 37.1 Å². The lowest BCUT2D eigenvalue weighted by Crippen LogP contribution is -2.24. The van der Waals surface area contributed by atoms with Crippen LogP contribution in [-0.2, 0) is 11.3 Å². The van der Waals surface area contributed by atoms with Gasteiger partial charge in [-0.25, -0.2) is 4.98 Å². The van der Waals surface area contributed by atoms with Crippen LogP contribution in [-0.4, -0.2) is 28.6 Å². The molecule has 3 aromatic carbocycles. The molecular weight excluding hydrogens is 458 g/mol. The molecule has 1 aromatic heterocycles. The molecule has 1 atom stereocenters. The van der Waals surface area contributed by atoms with E-state index in [4.69, 9.17) is 21.3 Å². The van der Waals surface area contributed by atoms with E-state index in [-0.39, 0.29) is 11.8 Å². The lowest BCUT2D eigenvalue weighted by atomic mass is 10.0. The van der Waals surface area contributed by atoms with E-state index >= 15 is 0 Å². The van der Waals surface area contributed by atoms with Crippen molar-refractivity contribution in [1.82, 2.24) is 9.55 Å². The molecule has 4 aromatic rings. The molecule has 0 aliphatic carbocycles. The Morgan fingerprint density at radius 2 is 1.91 bits per heavy atom. The number of fused-ring (bicyclic) bond motifs is 1. The molecular formula is C29H30ClN3O2. The fourth-order valence-corrected chi connectivity index (χ4v) is 5.09. The summed E-state index contributed by atoms with van der Waals surface area (Å²) >= 11 is 6.18. The Morgan fingerprint density at radius 3 is 2.71 bits per heavy atom. The van der Waals surface area contributed by atoms with Crippen LogP contribution in [0.3, 0.4) is 0 Å². The molecule has 5 nitrogen and oxygen atoms in total. The first-order valence-electron chi connectivity index (χ1n) is 12.1. The Labute approximate surface area is 211 Å². The van der Waals surface area contributed by atoms with E-state index in [1.807, 2.05) is 47.4 Å². The number of nitrogens with zero attached hydrogens (tertiary/aromatic N) is 3. The van der Waals surface area contributed by atoms with Crippen molar-refractivity contribution in [3.05, 3.63) is 88.7 Å². The third kappa shape index (κ3) is 4.78. The van der Waals surface area contributed by atoms with Crippen molar-refractivity contribution in [3.63, 3.8) is 0 Å². The summed E-state index contributed by atoms with van der Waals surface area (Å²) < 4.78 is 8.53. The zero-order valence-electron chi connectivity index (χ0n) is 20.4. The summed E-state index contributed by atoms with van der Waals surface area (Å²) in [6.07, 6.45) is 0.423. The lowest BCUT2D eigenvalue weighted by molar-refractivity contribution is -0.117. The Hall–Kier alpha value is -3.31. The second-order valence-electron chi connectivity index (χ2n) is 9.54. The summed E-state index contributed by atoms with van der Waals surface area (Å²) in [6.45, 7) is 8.21. The van der Waals surface area contributed by atoms with Gasteiger partial charge in [-0.2, -0.15) is 0 Å². The number of halogens is 1. The number of hydrogen-bond donors (Lipinski definition) is 0. The van der Waals surface area contributed by atoms with E-state index in [0.717, 1.165) is 28.3 Å². The number of ether oxygens (including phenoxy) is 1. The minimum absolute atomic E-state index is 0.000855. The number of amides is 1. The van der Waals surface area contributed by atoms with Crippen molar-refractivity contribution in [2.45, 2.75) is 45.6 Å². The normalized spacial score (nSPS) is 16.0. The van der Waals surface area contributed by atoms with Gasteiger partial charge in [0.05, 0.1) is 17.6 Å². The number of para-hydroxylation sites is 2. The molecule has 1 aliphatic rings. The maximum Gasteiger partial charge on any atom is 0.227 e. The Balaban J connectivity index is 1.41. The molecule has 180 valence electrons. The molecule has 1 unspecified atom stereocenters. The molecule has 0 N–H and O–H groups in total. The first-order valence-corrected chi connectivity index (χ1v) is 12.5. The van der Waals surface area contributed by atoms with Crippen LogP contribution < -0.4 is 9.64 Å². The molecule has 0 saturated carbocycles. The first-order chi connectivity index (χ1) is 16.9. The molecule has 35 heavy (non-hydrogen) atoms. The zero-order valence-corrected chi connectivity index (χ0v) is 21.1. The molecule has 0 radical (unpaired) electrons. The smallest absolute Gasteiger partial charge is 0.227 e. The topological polar surface area (TPSA) is 47.4 Å². The van der Waals surface area contributed by atoms with Gasteiger partial charge < -0.3 is 14.2 Å². The molecule has 0 bridgehead atoms. The number of rotatable bonds is 7. The number of benzene rings is 3. The van der Waals surface area contributed by atoms with Gasteiger partial charge in [-0.3, -0.25) is 4.79 Å². The molecule has 2 heterocycles. The summed E-state index contributed by atoms with van der Waals surface area (Å²) in [5, 5.41) is 0.625. The number of carbonyl (C=O) groups excluding carboxylic acids is 1. The van der Waals surface area contributed by atoms with Crippen molar-refractivity contribution in [1.29, 1.82) is 0 Å². The van der Waals surface area contributed by atoms with Crippen molar-refractivity contribution in [3.8, 4) is 5.75 Å². The van der Waals surface area contributed by atoms with Crippen molar-refractivity contribution in [2.24, 2.45) is 0 Å². The number of aromatic nitrogens is 2. The maximum atomic E-state index is 12.9. The minimum Gasteiger partial charge on any atom is -0.491 e. The van der Waals surface area contributed by atoms with Crippen LogP contribution in [0.4, 0.5) is 5.69 Å². The molecule has 1 fully saturated rings. The lowest BCUT2D eigenvalue weighted by Gasteiger charge is -2.18. The number of anilines is 1. The van der Waals surface area contributed by atoms with Gasteiger partial charge in [-0.1, -0.05) is 55.8 Å². The average Bonchev–Trinajstić information content (AvgIpc) is 3.39. The zero-order chi connectivity index (χ0) is 24.5. The molecule has 1 aliphatic heterocycles. The van der Waals surface area contributed by atoms with Crippen LogP contribution >= 0.6 is 11.6 Å². The second kappa shape index (κ2) is 9.74. The summed E-state index contributed by atoms with van der Waals surface area (Å²) in [5.41, 5.74) is 5.23. The van der Waals surface area contributed by atoms with E-state index in [1.54, 1.807) is 0 Å². The van der Waals surface area contributed by atoms with E-state index in [9.17, 15) is 4.79 Å². The number of imidazole rings is 1. The predicted octanol–water partition coefficient (Wildman–Crippen LogP) is 6.72. The van der Waals surface area contributed by atoms with Gasteiger partial charge in [0.15, 0.2) is 0 Å². The van der Waals surface area contributed by atoms with Gasteiger partial charge >= 0.3 is 0 Å². The highest BCUT2D eigenvalue weighted by molar-refractivity contribution is 6.30. The molecule has 5 rings (SSSR count). The Morgan fingerprint density at radius 1 is 1.09 bits per heavy atom. The number of hydrogen-bond acceptors (Lipinski definition) is 3. The fraction of sp³-hybridized carbons (Fsp3) is 0.310. The standard InChI is InChI=1S/C29H30ClN3O2/c1-19(2)24-12-11-20(3)15-27(24)35-14-13-32-26-10-5-4-9-25(26)31-29(32)21-16-28(34)33(18-21)23-8-6-7-22(30)17-23/h4-12,15,17,19,21H,13-14,16,18H2,1-3H3. The average molecular weight is 488 g/mol. The Bertz CT molecular complexity index is 1380. The van der Waals surface area contributed by atoms with Gasteiger partial charge in [-0.05, 0) is 60.4 Å². The first kappa shape index (κ1) is 23.4. The third-order valence-electron chi connectivity index (χ3n) is 6.66. The summed E-state index contributed by atoms with van der Waals surface area (Å²) in [4.78, 5) is 19.7. The quantitative estimate of drug-likeness (QED) is 0.290. The van der Waals surface area contributed by atoms with E-state index < -0.39 is 0 Å². The van der Waals surface area contributed by atoms with Crippen LogP contribution in [0.2, 0.25) is 5.02 Å². The van der Waals surface area contributed by atoms with Crippen LogP contribution in [0.15, 0.2) is 66.7 Å². The van der Waals surface area contributed by atoms with Crippen LogP contribution in [0, 0.1) is 6.92 Å². The van der Waals surface area contributed by atoms with Crippen molar-refractivity contribution < 1.29 is 9.53 Å². The molecule has 1 saturated heterocycles. The van der Waals surface area contributed by atoms with Crippen molar-refractivity contribution >= 4 is 34.2 Å². The SMILES string of the molecule is Cc1ccc(C(C)C)c(OCCn2c(C3CC(=O)N(c4cccc(Cl)c4)C3)nc3ccccc32)c1. The maximum absolute atomic E-state index is 12.9. The summed E-state index contributed by atoms with van der Waals surface area (Å²) in [6, 6.07) is 22.0. The van der Waals surface area contributed by atoms with Crippen LogP contribution in [0.25, 0.3) is 11.0 Å². The number of aryl methyl sites for hydroxylation is 1. The fourth-order valence-electron chi connectivity index (χ4n) is 4.91. The summed E-state index contributed by atoms with van der Waals surface area (Å²) in [5.74, 6) is 2.35. The van der Waals surface area contributed by atoms with Gasteiger partial charge in [0, 0.05) is 29.6 Å². The highest BCUT2D eigenvalue weighted by Gasteiger charge is 2.35. The van der Waals surface area contributed by atoms with Gasteiger partial charge in [0.1, 0.15) is 18.2 Å².